The van der Waals surface area contributed by atoms with Gasteiger partial charge in [0.1, 0.15) is 23.6 Å². The monoisotopic (exact) mass is 470 g/mol. The minimum absolute atomic E-state index is 0.117. The molecule has 32 heavy (non-hydrogen) atoms. The van der Waals surface area contributed by atoms with E-state index in [2.05, 4.69) is 15.3 Å². The molecular formula is C21H25F3N4O3S. The standard InChI is InChI=1S/C20H20F3N3O.CH5NO2S/c1-11-6-15(22)19(16(23)7-11)14-5-12(2)9-24-20(14)17-8-18(25-27-17)26-4-3-13(21)10-26;1-5(2,3)4/h5-7,9,13,17H,3-4,8,10H2,1-2H3;1H3,(H2,2,3,4)/t13-,17-;/m0./s1. The summed E-state index contributed by atoms with van der Waals surface area (Å²) in [5, 5.41) is 8.40. The van der Waals surface area contributed by atoms with Gasteiger partial charge in [-0.3, -0.25) is 4.98 Å². The van der Waals surface area contributed by atoms with E-state index in [0.717, 1.165) is 11.8 Å². The van der Waals surface area contributed by atoms with Crippen LogP contribution < -0.4 is 5.14 Å². The number of amidine groups is 1. The minimum Gasteiger partial charge on any atom is -0.384 e. The summed E-state index contributed by atoms with van der Waals surface area (Å²) in [6, 6.07) is 4.30. The smallest absolute Gasteiger partial charge is 0.206 e. The van der Waals surface area contributed by atoms with Gasteiger partial charge in [0.15, 0.2) is 6.10 Å². The highest BCUT2D eigenvalue weighted by Crippen LogP contribution is 2.37. The van der Waals surface area contributed by atoms with Gasteiger partial charge in [-0.25, -0.2) is 26.7 Å². The average Bonchev–Trinajstić information content (AvgIpc) is 3.28. The van der Waals surface area contributed by atoms with Crippen LogP contribution in [-0.4, -0.2) is 49.7 Å². The zero-order valence-electron chi connectivity index (χ0n) is 18.0. The Hall–Kier alpha value is -2.66. The summed E-state index contributed by atoms with van der Waals surface area (Å²) in [6.45, 7) is 4.34. The van der Waals surface area contributed by atoms with Crippen molar-refractivity contribution in [2.24, 2.45) is 10.3 Å². The van der Waals surface area contributed by atoms with E-state index in [0.29, 0.717) is 48.6 Å². The fourth-order valence-electron chi connectivity index (χ4n) is 3.64. The fraction of sp³-hybridized carbons (Fsp3) is 0.429. The number of alkyl halides is 1. The molecule has 11 heteroatoms. The highest BCUT2D eigenvalue weighted by Gasteiger charge is 2.34. The Bertz CT molecular complexity index is 1110. The van der Waals surface area contributed by atoms with Crippen LogP contribution in [0.4, 0.5) is 13.2 Å². The van der Waals surface area contributed by atoms with Gasteiger partial charge in [0, 0.05) is 18.3 Å². The number of aryl methyl sites for hydroxylation is 2. The van der Waals surface area contributed by atoms with Crippen LogP contribution in [0.3, 0.4) is 0 Å². The molecule has 1 fully saturated rings. The zero-order valence-corrected chi connectivity index (χ0v) is 18.8. The number of nitrogens with zero attached hydrogens (tertiary/aromatic N) is 3. The van der Waals surface area contributed by atoms with Crippen molar-refractivity contribution in [1.29, 1.82) is 0 Å². The molecule has 2 N–H and O–H groups in total. The molecule has 3 heterocycles. The Morgan fingerprint density at radius 2 is 1.78 bits per heavy atom. The van der Waals surface area contributed by atoms with Gasteiger partial charge in [-0.1, -0.05) is 5.16 Å². The van der Waals surface area contributed by atoms with E-state index in [-0.39, 0.29) is 5.56 Å². The summed E-state index contributed by atoms with van der Waals surface area (Å²) < 4.78 is 61.4. The maximum absolute atomic E-state index is 14.6. The minimum atomic E-state index is -3.17. The fourth-order valence-corrected chi connectivity index (χ4v) is 3.64. The number of benzene rings is 1. The molecule has 2 aliphatic heterocycles. The number of rotatable bonds is 2. The first-order chi connectivity index (χ1) is 14.9. The first kappa shape index (κ1) is 24.0. The largest absolute Gasteiger partial charge is 0.384 e. The molecule has 2 aliphatic rings. The summed E-state index contributed by atoms with van der Waals surface area (Å²) in [5.41, 5.74) is 1.96. The van der Waals surface area contributed by atoms with Crippen molar-refractivity contribution in [2.75, 3.05) is 19.3 Å². The van der Waals surface area contributed by atoms with Gasteiger partial charge >= 0.3 is 0 Å². The molecule has 0 spiro atoms. The molecule has 4 rings (SSSR count). The van der Waals surface area contributed by atoms with E-state index in [1.165, 1.54) is 12.1 Å². The number of hydrogen-bond donors (Lipinski definition) is 1. The third-order valence-corrected chi connectivity index (χ3v) is 4.97. The highest BCUT2D eigenvalue weighted by atomic mass is 32.2. The number of nitrogens with two attached hydrogens (primary N) is 1. The topological polar surface area (TPSA) is 97.9 Å². The summed E-state index contributed by atoms with van der Waals surface area (Å²) in [5.74, 6) is -0.626. The van der Waals surface area contributed by atoms with Crippen molar-refractivity contribution in [3.63, 3.8) is 0 Å². The zero-order chi connectivity index (χ0) is 23.6. The second-order valence-corrected chi connectivity index (χ2v) is 9.68. The Morgan fingerprint density at radius 3 is 2.34 bits per heavy atom. The van der Waals surface area contributed by atoms with Crippen LogP contribution in [0.25, 0.3) is 11.1 Å². The predicted molar refractivity (Wildman–Crippen MR) is 115 cm³/mol. The lowest BCUT2D eigenvalue weighted by molar-refractivity contribution is 0.0828. The summed E-state index contributed by atoms with van der Waals surface area (Å²) in [6.07, 6.45) is 2.01. The molecule has 0 unspecified atom stereocenters. The van der Waals surface area contributed by atoms with Gasteiger partial charge in [0.2, 0.25) is 10.0 Å². The van der Waals surface area contributed by atoms with Crippen molar-refractivity contribution in [1.82, 2.24) is 9.88 Å². The molecule has 7 nitrogen and oxygen atoms in total. The second kappa shape index (κ2) is 9.45. The van der Waals surface area contributed by atoms with Gasteiger partial charge in [-0.05, 0) is 49.6 Å². The van der Waals surface area contributed by atoms with E-state index in [9.17, 15) is 21.6 Å². The number of oxime groups is 1. The number of sulfonamides is 1. The van der Waals surface area contributed by atoms with E-state index in [4.69, 9.17) is 4.84 Å². The summed E-state index contributed by atoms with van der Waals surface area (Å²) in [4.78, 5) is 11.8. The van der Waals surface area contributed by atoms with Crippen molar-refractivity contribution < 1.29 is 26.4 Å². The number of halogens is 3. The number of hydrogen-bond acceptors (Lipinski definition) is 6. The molecule has 0 radical (unpaired) electrons. The van der Waals surface area contributed by atoms with Crippen LogP contribution in [0.2, 0.25) is 0 Å². The Balaban J connectivity index is 0.000000523. The van der Waals surface area contributed by atoms with Gasteiger partial charge in [-0.15, -0.1) is 0 Å². The van der Waals surface area contributed by atoms with Gasteiger partial charge in [-0.2, -0.15) is 0 Å². The third-order valence-electron chi connectivity index (χ3n) is 4.97. The average molecular weight is 471 g/mol. The normalized spacial score (nSPS) is 20.5. The number of pyridine rings is 1. The Kier molecular flexibility index (Phi) is 7.09. The molecule has 0 bridgehead atoms. The molecule has 1 aromatic heterocycles. The molecule has 1 saturated heterocycles. The molecule has 2 atom stereocenters. The van der Waals surface area contributed by atoms with Crippen LogP contribution in [0.5, 0.6) is 0 Å². The number of aromatic nitrogens is 1. The third kappa shape index (κ3) is 5.98. The number of likely N-dealkylation sites (tertiary alicyclic amines) is 1. The van der Waals surface area contributed by atoms with Crippen LogP contribution in [0.1, 0.15) is 35.8 Å². The summed E-state index contributed by atoms with van der Waals surface area (Å²) in [7, 11) is -3.17. The molecular weight excluding hydrogens is 445 g/mol. The molecule has 1 aromatic carbocycles. The lowest BCUT2D eigenvalue weighted by Crippen LogP contribution is -2.28. The van der Waals surface area contributed by atoms with E-state index >= 15 is 0 Å². The van der Waals surface area contributed by atoms with E-state index in [1.807, 2.05) is 11.8 Å². The van der Waals surface area contributed by atoms with Gasteiger partial charge in [0.25, 0.3) is 0 Å². The van der Waals surface area contributed by atoms with Crippen LogP contribution in [0.15, 0.2) is 29.6 Å². The SMILES string of the molecule is CS(N)(=O)=O.Cc1cc(F)c(-c2cc(C)cnc2[C@@H]2CC(N3CC[C@H](F)C3)=NO2)c(F)c1. The maximum Gasteiger partial charge on any atom is 0.206 e. The van der Waals surface area contributed by atoms with Crippen LogP contribution in [-0.2, 0) is 14.9 Å². The molecule has 0 amide bonds. The van der Waals surface area contributed by atoms with E-state index in [1.54, 1.807) is 19.2 Å². The van der Waals surface area contributed by atoms with Crippen molar-refractivity contribution in [2.45, 2.75) is 39.0 Å². The second-order valence-electron chi connectivity index (χ2n) is 8.02. The predicted octanol–water partition coefficient (Wildman–Crippen LogP) is 3.37. The molecule has 174 valence electrons. The van der Waals surface area contributed by atoms with E-state index < -0.39 is 33.9 Å². The quantitative estimate of drug-likeness (QED) is 0.726. The molecule has 2 aromatic rings. The molecule has 0 saturated carbocycles. The maximum atomic E-state index is 14.6. The lowest BCUT2D eigenvalue weighted by Gasteiger charge is -2.17. The Labute approximate surface area is 185 Å². The van der Waals surface area contributed by atoms with Crippen LogP contribution in [0, 0.1) is 25.5 Å². The Morgan fingerprint density at radius 1 is 1.16 bits per heavy atom. The summed E-state index contributed by atoms with van der Waals surface area (Å²) >= 11 is 0. The first-order valence-electron chi connectivity index (χ1n) is 9.94. The van der Waals surface area contributed by atoms with Crippen molar-refractivity contribution >= 4 is 15.9 Å². The van der Waals surface area contributed by atoms with Gasteiger partial charge in [0.05, 0.1) is 30.5 Å². The van der Waals surface area contributed by atoms with Gasteiger partial charge < -0.3 is 9.74 Å². The van der Waals surface area contributed by atoms with Crippen molar-refractivity contribution in [3.8, 4) is 11.1 Å². The first-order valence-corrected chi connectivity index (χ1v) is 11.9. The molecule has 0 aliphatic carbocycles. The lowest BCUT2D eigenvalue weighted by atomic mass is 9.96. The van der Waals surface area contributed by atoms with Crippen molar-refractivity contribution in [3.05, 3.63) is 52.9 Å². The highest BCUT2D eigenvalue weighted by molar-refractivity contribution is 7.88. The number of primary sulfonamides is 1. The van der Waals surface area contributed by atoms with Crippen LogP contribution >= 0.6 is 0 Å².